The molecular formula is C12H7BrCl2F2N2. The van der Waals surface area contributed by atoms with E-state index in [1.54, 1.807) is 12.1 Å². The number of nitrogens with one attached hydrogen (secondary N) is 1. The van der Waals surface area contributed by atoms with Gasteiger partial charge in [-0.25, -0.2) is 8.78 Å². The molecule has 0 saturated heterocycles. The van der Waals surface area contributed by atoms with Crippen LogP contribution in [-0.4, -0.2) is 0 Å². The van der Waals surface area contributed by atoms with Crippen molar-refractivity contribution in [2.24, 2.45) is 0 Å². The SMILES string of the molecule is Nc1cc(F)c(Nc2ccc(Br)c(Cl)c2Cl)c(F)c1. The van der Waals surface area contributed by atoms with Crippen LogP contribution in [0.1, 0.15) is 0 Å². The molecule has 0 amide bonds. The topological polar surface area (TPSA) is 38.0 Å². The van der Waals surface area contributed by atoms with Crippen molar-refractivity contribution in [3.8, 4) is 0 Å². The molecule has 3 N–H and O–H groups in total. The van der Waals surface area contributed by atoms with Gasteiger partial charge in [0.05, 0.1) is 15.7 Å². The second kappa shape index (κ2) is 5.53. The van der Waals surface area contributed by atoms with Gasteiger partial charge >= 0.3 is 0 Å². The first kappa shape index (κ1) is 14.4. The minimum absolute atomic E-state index is 0.000450. The summed E-state index contributed by atoms with van der Waals surface area (Å²) in [5, 5.41) is 2.97. The average Bonchev–Trinajstić information content (AvgIpc) is 2.33. The largest absolute Gasteiger partial charge is 0.399 e. The van der Waals surface area contributed by atoms with Crippen molar-refractivity contribution in [2.45, 2.75) is 0 Å². The van der Waals surface area contributed by atoms with Crippen LogP contribution in [0.4, 0.5) is 25.8 Å². The fraction of sp³-hybridized carbons (Fsp3) is 0. The molecule has 0 fully saturated rings. The molecule has 19 heavy (non-hydrogen) atoms. The van der Waals surface area contributed by atoms with E-state index in [1.165, 1.54) is 0 Å². The van der Waals surface area contributed by atoms with Crippen molar-refractivity contribution in [1.29, 1.82) is 0 Å². The molecule has 2 aromatic rings. The molecule has 0 aliphatic rings. The Morgan fingerprint density at radius 3 is 2.21 bits per heavy atom. The highest BCUT2D eigenvalue weighted by atomic mass is 79.9. The van der Waals surface area contributed by atoms with Crippen LogP contribution >= 0.6 is 39.1 Å². The zero-order valence-electron chi connectivity index (χ0n) is 9.28. The molecule has 0 aliphatic carbocycles. The maximum absolute atomic E-state index is 13.6. The molecule has 2 rings (SSSR count). The lowest BCUT2D eigenvalue weighted by molar-refractivity contribution is 0.592. The van der Waals surface area contributed by atoms with E-state index in [0.29, 0.717) is 4.47 Å². The molecule has 0 aliphatic heterocycles. The van der Waals surface area contributed by atoms with Gasteiger partial charge < -0.3 is 11.1 Å². The Balaban J connectivity index is 2.45. The van der Waals surface area contributed by atoms with Crippen LogP contribution in [0.25, 0.3) is 0 Å². The Labute approximate surface area is 126 Å². The van der Waals surface area contributed by atoms with Gasteiger partial charge in [-0.1, -0.05) is 23.2 Å². The van der Waals surface area contributed by atoms with E-state index >= 15 is 0 Å². The second-order valence-electron chi connectivity index (χ2n) is 3.71. The summed E-state index contributed by atoms with van der Waals surface area (Å²) in [5.41, 5.74) is 5.29. The standard InChI is InChI=1S/C12H7BrCl2F2N2/c13-6-1-2-9(11(15)10(6)14)19-12-7(16)3-5(18)4-8(12)17/h1-4,19H,18H2. The van der Waals surface area contributed by atoms with Gasteiger partial charge in [0.2, 0.25) is 0 Å². The van der Waals surface area contributed by atoms with E-state index in [0.717, 1.165) is 12.1 Å². The first-order valence-corrected chi connectivity index (χ1v) is 6.60. The van der Waals surface area contributed by atoms with Crippen LogP contribution in [0.5, 0.6) is 0 Å². The van der Waals surface area contributed by atoms with Gasteiger partial charge in [-0.2, -0.15) is 0 Å². The van der Waals surface area contributed by atoms with Gasteiger partial charge in [-0.05, 0) is 40.2 Å². The Morgan fingerprint density at radius 2 is 1.63 bits per heavy atom. The third kappa shape index (κ3) is 2.94. The van der Waals surface area contributed by atoms with Gasteiger partial charge in [0.15, 0.2) is 11.6 Å². The smallest absolute Gasteiger partial charge is 0.151 e. The summed E-state index contributed by atoms with van der Waals surface area (Å²) in [6.07, 6.45) is 0. The first-order chi connectivity index (χ1) is 8.90. The van der Waals surface area contributed by atoms with Gasteiger partial charge in [0.25, 0.3) is 0 Å². The molecule has 100 valence electrons. The van der Waals surface area contributed by atoms with Crippen LogP contribution in [0, 0.1) is 11.6 Å². The highest BCUT2D eigenvalue weighted by Gasteiger charge is 2.14. The number of benzene rings is 2. The Hall–Kier alpha value is -1.04. The summed E-state index contributed by atoms with van der Waals surface area (Å²) in [7, 11) is 0. The van der Waals surface area contributed by atoms with Gasteiger partial charge in [-0.15, -0.1) is 0 Å². The van der Waals surface area contributed by atoms with Crippen LogP contribution in [0.15, 0.2) is 28.7 Å². The number of anilines is 3. The highest BCUT2D eigenvalue weighted by molar-refractivity contribution is 9.10. The van der Waals surface area contributed by atoms with Crippen LogP contribution in [0.2, 0.25) is 10.0 Å². The van der Waals surface area contributed by atoms with Gasteiger partial charge in [0.1, 0.15) is 5.69 Å². The number of halogens is 5. The third-order valence-electron chi connectivity index (χ3n) is 2.36. The van der Waals surface area contributed by atoms with E-state index in [1.807, 2.05) is 0 Å². The lowest BCUT2D eigenvalue weighted by Crippen LogP contribution is -2.00. The van der Waals surface area contributed by atoms with E-state index in [9.17, 15) is 8.78 Å². The van der Waals surface area contributed by atoms with Crippen molar-refractivity contribution in [2.75, 3.05) is 11.1 Å². The zero-order valence-corrected chi connectivity index (χ0v) is 12.4. The molecule has 2 nitrogen and oxygen atoms in total. The maximum Gasteiger partial charge on any atom is 0.151 e. The quantitative estimate of drug-likeness (QED) is 0.553. The molecule has 7 heteroatoms. The normalized spacial score (nSPS) is 10.6. The summed E-state index contributed by atoms with van der Waals surface area (Å²) in [6, 6.07) is 5.19. The van der Waals surface area contributed by atoms with Crippen molar-refractivity contribution >= 4 is 56.2 Å². The van der Waals surface area contributed by atoms with E-state index < -0.39 is 11.6 Å². The monoisotopic (exact) mass is 366 g/mol. The third-order valence-corrected chi connectivity index (χ3v) is 4.13. The Kier molecular flexibility index (Phi) is 4.18. The van der Waals surface area contributed by atoms with E-state index in [2.05, 4.69) is 21.2 Å². The lowest BCUT2D eigenvalue weighted by atomic mass is 10.2. The van der Waals surface area contributed by atoms with Crippen LogP contribution < -0.4 is 11.1 Å². The number of hydrogen-bond donors (Lipinski definition) is 2. The van der Waals surface area contributed by atoms with Crippen molar-refractivity contribution in [3.05, 3.63) is 50.4 Å². The number of rotatable bonds is 2. The highest BCUT2D eigenvalue weighted by Crippen LogP contribution is 2.38. The summed E-state index contributed by atoms with van der Waals surface area (Å²) in [4.78, 5) is 0. The van der Waals surface area contributed by atoms with Crippen LogP contribution in [0.3, 0.4) is 0 Å². The van der Waals surface area contributed by atoms with E-state index in [-0.39, 0.29) is 27.1 Å². The minimum atomic E-state index is -0.812. The van der Waals surface area contributed by atoms with Crippen molar-refractivity contribution in [1.82, 2.24) is 0 Å². The molecular weight excluding hydrogens is 361 g/mol. The minimum Gasteiger partial charge on any atom is -0.399 e. The van der Waals surface area contributed by atoms with Gasteiger partial charge in [-0.3, -0.25) is 0 Å². The molecule has 0 heterocycles. The van der Waals surface area contributed by atoms with Crippen molar-refractivity contribution < 1.29 is 8.78 Å². The summed E-state index contributed by atoms with van der Waals surface area (Å²) in [5.74, 6) is -1.62. The molecule has 0 unspecified atom stereocenters. The van der Waals surface area contributed by atoms with Gasteiger partial charge in [0, 0.05) is 10.2 Å². The molecule has 0 aromatic heterocycles. The summed E-state index contributed by atoms with van der Waals surface area (Å²) in [6.45, 7) is 0. The van der Waals surface area contributed by atoms with E-state index in [4.69, 9.17) is 28.9 Å². The molecule has 2 aromatic carbocycles. The zero-order chi connectivity index (χ0) is 14.2. The second-order valence-corrected chi connectivity index (χ2v) is 5.32. The fourth-order valence-corrected chi connectivity index (χ4v) is 2.29. The predicted molar refractivity (Wildman–Crippen MR) is 78.2 cm³/mol. The Morgan fingerprint density at radius 1 is 1.05 bits per heavy atom. The van der Waals surface area contributed by atoms with Crippen molar-refractivity contribution in [3.63, 3.8) is 0 Å². The number of nitrogens with two attached hydrogens (primary N) is 1. The Bertz CT molecular complexity index is 627. The molecule has 0 radical (unpaired) electrons. The summed E-state index contributed by atoms with van der Waals surface area (Å²) >= 11 is 15.1. The maximum atomic E-state index is 13.6. The number of nitrogen functional groups attached to an aromatic ring is 1. The number of hydrogen-bond acceptors (Lipinski definition) is 2. The average molecular weight is 368 g/mol. The molecule has 0 spiro atoms. The predicted octanol–water partition coefficient (Wildman–Crippen LogP) is 5.36. The fourth-order valence-electron chi connectivity index (χ4n) is 1.47. The summed E-state index contributed by atoms with van der Waals surface area (Å²) < 4.78 is 27.9. The molecule has 0 bridgehead atoms. The lowest BCUT2D eigenvalue weighted by Gasteiger charge is -2.12. The molecule has 0 atom stereocenters. The first-order valence-electron chi connectivity index (χ1n) is 5.05. The van der Waals surface area contributed by atoms with Crippen LogP contribution in [-0.2, 0) is 0 Å². The molecule has 0 saturated carbocycles.